The second-order valence-electron chi connectivity index (χ2n) is 4.20. The van der Waals surface area contributed by atoms with E-state index < -0.39 is 11.8 Å². The highest BCUT2D eigenvalue weighted by molar-refractivity contribution is 5.91. The van der Waals surface area contributed by atoms with E-state index in [1.807, 2.05) is 6.92 Å². The molecule has 1 N–H and O–H groups in total. The number of halogens is 1. The fourth-order valence-electron chi connectivity index (χ4n) is 1.73. The number of methoxy groups -OCH3 is 1. The summed E-state index contributed by atoms with van der Waals surface area (Å²) in [6.07, 6.45) is 0. The molecule has 0 saturated heterocycles. The van der Waals surface area contributed by atoms with Crippen molar-refractivity contribution in [2.24, 2.45) is 0 Å². The van der Waals surface area contributed by atoms with E-state index in [0.29, 0.717) is 11.5 Å². The molecule has 5 heteroatoms. The predicted molar refractivity (Wildman–Crippen MR) is 71.2 cm³/mol. The van der Waals surface area contributed by atoms with Gasteiger partial charge in [0.1, 0.15) is 17.1 Å². The molecule has 0 spiro atoms. The van der Waals surface area contributed by atoms with Gasteiger partial charge < -0.3 is 14.6 Å². The van der Waals surface area contributed by atoms with Crippen molar-refractivity contribution in [3.8, 4) is 17.2 Å². The van der Waals surface area contributed by atoms with E-state index in [2.05, 4.69) is 0 Å². The first-order valence-corrected chi connectivity index (χ1v) is 5.86. The van der Waals surface area contributed by atoms with E-state index >= 15 is 0 Å². The van der Waals surface area contributed by atoms with Crippen LogP contribution in [0.4, 0.5) is 4.39 Å². The van der Waals surface area contributed by atoms with Gasteiger partial charge in [-0.1, -0.05) is 6.07 Å². The van der Waals surface area contributed by atoms with Crippen molar-refractivity contribution in [3.63, 3.8) is 0 Å². The third kappa shape index (κ3) is 2.88. The third-order valence-corrected chi connectivity index (χ3v) is 2.71. The van der Waals surface area contributed by atoms with Crippen molar-refractivity contribution in [2.75, 3.05) is 7.11 Å². The predicted octanol–water partition coefficient (Wildman–Crippen LogP) is 3.63. The second-order valence-corrected chi connectivity index (χ2v) is 4.20. The molecule has 0 unspecified atom stereocenters. The van der Waals surface area contributed by atoms with Gasteiger partial charge in [-0.05, 0) is 36.8 Å². The Morgan fingerprint density at radius 3 is 2.50 bits per heavy atom. The van der Waals surface area contributed by atoms with Crippen LogP contribution in [0.3, 0.4) is 0 Å². The molecule has 20 heavy (non-hydrogen) atoms. The summed E-state index contributed by atoms with van der Waals surface area (Å²) >= 11 is 0. The van der Waals surface area contributed by atoms with Gasteiger partial charge in [-0.3, -0.25) is 0 Å². The smallest absolute Gasteiger partial charge is 0.339 e. The van der Waals surface area contributed by atoms with Crippen LogP contribution in [-0.4, -0.2) is 18.2 Å². The van der Waals surface area contributed by atoms with Crippen LogP contribution in [0.5, 0.6) is 17.2 Å². The molecule has 2 aromatic rings. The van der Waals surface area contributed by atoms with E-state index in [1.165, 1.54) is 7.11 Å². The molecule has 4 nitrogen and oxygen atoms in total. The van der Waals surface area contributed by atoms with Crippen LogP contribution in [0.25, 0.3) is 0 Å². The zero-order valence-corrected chi connectivity index (χ0v) is 11.0. The largest absolute Gasteiger partial charge is 0.493 e. The number of carboxylic acid groups (broad SMARTS) is 1. The second kappa shape index (κ2) is 5.61. The lowest BCUT2D eigenvalue weighted by molar-refractivity contribution is 0.0694. The number of rotatable bonds is 4. The lowest BCUT2D eigenvalue weighted by Gasteiger charge is -2.12. The third-order valence-electron chi connectivity index (χ3n) is 2.71. The van der Waals surface area contributed by atoms with Gasteiger partial charge in [0.2, 0.25) is 0 Å². The number of aryl methyl sites for hydroxylation is 1. The van der Waals surface area contributed by atoms with Gasteiger partial charge >= 0.3 is 5.97 Å². The van der Waals surface area contributed by atoms with E-state index in [4.69, 9.17) is 14.6 Å². The Hall–Kier alpha value is -2.56. The number of aromatic carboxylic acids is 1. The molecule has 2 rings (SSSR count). The van der Waals surface area contributed by atoms with Crippen molar-refractivity contribution in [3.05, 3.63) is 53.3 Å². The number of hydrogen-bond acceptors (Lipinski definition) is 3. The first-order valence-electron chi connectivity index (χ1n) is 5.86. The molecule has 2 aromatic carbocycles. The lowest BCUT2D eigenvalue weighted by atomic mass is 10.2. The van der Waals surface area contributed by atoms with Gasteiger partial charge in [0.25, 0.3) is 0 Å². The maximum Gasteiger partial charge on any atom is 0.339 e. The molecule has 0 aliphatic heterocycles. The van der Waals surface area contributed by atoms with Crippen molar-refractivity contribution >= 4 is 5.97 Å². The highest BCUT2D eigenvalue weighted by atomic mass is 19.1. The zero-order chi connectivity index (χ0) is 14.7. The molecule has 0 aliphatic rings. The maximum absolute atomic E-state index is 13.3. The van der Waals surface area contributed by atoms with Crippen molar-refractivity contribution < 1.29 is 23.8 Å². The number of carboxylic acids is 1. The summed E-state index contributed by atoms with van der Waals surface area (Å²) in [6.45, 7) is 1.89. The van der Waals surface area contributed by atoms with Crippen LogP contribution in [0, 0.1) is 12.7 Å². The first kappa shape index (κ1) is 13.9. The van der Waals surface area contributed by atoms with E-state index in [1.54, 1.807) is 18.2 Å². The quantitative estimate of drug-likeness (QED) is 0.926. The monoisotopic (exact) mass is 276 g/mol. The minimum absolute atomic E-state index is 0.0698. The summed E-state index contributed by atoms with van der Waals surface area (Å²) in [5.74, 6) is -1.06. The number of benzene rings is 2. The van der Waals surface area contributed by atoms with Crippen molar-refractivity contribution in [1.82, 2.24) is 0 Å². The molecule has 0 aromatic heterocycles. The van der Waals surface area contributed by atoms with Gasteiger partial charge in [0, 0.05) is 6.07 Å². The van der Waals surface area contributed by atoms with Crippen LogP contribution in [0.1, 0.15) is 15.9 Å². The van der Waals surface area contributed by atoms with E-state index in [-0.39, 0.29) is 11.3 Å². The average Bonchev–Trinajstić information content (AvgIpc) is 2.40. The topological polar surface area (TPSA) is 55.8 Å². The summed E-state index contributed by atoms with van der Waals surface area (Å²) in [7, 11) is 1.48. The fraction of sp³-hybridized carbons (Fsp3) is 0.133. The number of ether oxygens (including phenoxy) is 2. The number of carbonyl (C=O) groups is 1. The minimum Gasteiger partial charge on any atom is -0.493 e. The minimum atomic E-state index is -1.19. The summed E-state index contributed by atoms with van der Waals surface area (Å²) in [5, 5.41) is 9.07. The lowest BCUT2D eigenvalue weighted by Crippen LogP contribution is -2.01. The van der Waals surface area contributed by atoms with Crippen LogP contribution in [0.15, 0.2) is 36.4 Å². The van der Waals surface area contributed by atoms with Crippen LogP contribution < -0.4 is 9.47 Å². The van der Waals surface area contributed by atoms with Gasteiger partial charge in [0.05, 0.1) is 7.11 Å². The average molecular weight is 276 g/mol. The standard InChI is InChI=1S/C15H13FO4/c1-9-3-6-12(14(7-9)19-2)20-13-8-10(16)4-5-11(13)15(17)18/h3-8H,1-2H3,(H,17,18). The normalized spacial score (nSPS) is 10.2. The fourth-order valence-corrected chi connectivity index (χ4v) is 1.73. The van der Waals surface area contributed by atoms with Crippen molar-refractivity contribution in [1.29, 1.82) is 0 Å². The SMILES string of the molecule is COc1cc(C)ccc1Oc1cc(F)ccc1C(=O)O. The summed E-state index contributed by atoms with van der Waals surface area (Å²) in [5.41, 5.74) is 0.848. The molecule has 0 radical (unpaired) electrons. The Morgan fingerprint density at radius 1 is 1.10 bits per heavy atom. The Labute approximate surface area is 115 Å². The summed E-state index contributed by atoms with van der Waals surface area (Å²) in [4.78, 5) is 11.1. The molecule has 104 valence electrons. The van der Waals surface area contributed by atoms with E-state index in [9.17, 15) is 9.18 Å². The molecule has 0 atom stereocenters. The maximum atomic E-state index is 13.3. The molecule has 0 amide bonds. The molecular weight excluding hydrogens is 263 g/mol. The summed E-state index contributed by atoms with van der Waals surface area (Å²) < 4.78 is 23.9. The van der Waals surface area contributed by atoms with Gasteiger partial charge in [-0.25, -0.2) is 9.18 Å². The highest BCUT2D eigenvalue weighted by Crippen LogP contribution is 2.34. The molecule has 0 bridgehead atoms. The molecule has 0 aliphatic carbocycles. The molecule has 0 fully saturated rings. The van der Waals surface area contributed by atoms with Crippen LogP contribution in [0.2, 0.25) is 0 Å². The van der Waals surface area contributed by atoms with Gasteiger partial charge in [0.15, 0.2) is 11.5 Å². The Morgan fingerprint density at radius 2 is 1.85 bits per heavy atom. The molecule has 0 heterocycles. The first-order chi connectivity index (χ1) is 9.51. The molecule has 0 saturated carbocycles. The summed E-state index contributed by atoms with van der Waals surface area (Å²) in [6, 6.07) is 8.44. The molecular formula is C15H13FO4. The highest BCUT2D eigenvalue weighted by Gasteiger charge is 2.15. The number of hydrogen-bond donors (Lipinski definition) is 1. The van der Waals surface area contributed by atoms with E-state index in [0.717, 1.165) is 23.8 Å². The Bertz CT molecular complexity index is 652. The van der Waals surface area contributed by atoms with Gasteiger partial charge in [-0.15, -0.1) is 0 Å². The Balaban J connectivity index is 2.44. The Kier molecular flexibility index (Phi) is 3.89. The van der Waals surface area contributed by atoms with Gasteiger partial charge in [-0.2, -0.15) is 0 Å². The van der Waals surface area contributed by atoms with Crippen molar-refractivity contribution in [2.45, 2.75) is 6.92 Å². The van der Waals surface area contributed by atoms with Crippen LogP contribution >= 0.6 is 0 Å². The van der Waals surface area contributed by atoms with Crippen LogP contribution in [-0.2, 0) is 0 Å². The zero-order valence-electron chi connectivity index (χ0n) is 11.0.